The molecule has 0 heterocycles. The van der Waals surface area contributed by atoms with Crippen molar-refractivity contribution in [3.8, 4) is 0 Å². The maximum Gasteiger partial charge on any atom is 0.328 e. The molecule has 0 saturated heterocycles. The first kappa shape index (κ1) is 13.9. The lowest BCUT2D eigenvalue weighted by Gasteiger charge is -2.26. The Labute approximate surface area is 90.4 Å². The van der Waals surface area contributed by atoms with Gasteiger partial charge in [-0.1, -0.05) is 20.8 Å². The number of nitrogens with two attached hydrogens (primary N) is 1. The zero-order valence-electron chi connectivity index (χ0n) is 9.96. The highest BCUT2D eigenvalue weighted by Crippen LogP contribution is 2.17. The second-order valence-electron chi connectivity index (χ2n) is 4.60. The van der Waals surface area contributed by atoms with Crippen LogP contribution in [-0.2, 0) is 14.3 Å². The van der Waals surface area contributed by atoms with E-state index in [-0.39, 0.29) is 11.3 Å². The van der Waals surface area contributed by atoms with Crippen molar-refractivity contribution in [2.24, 2.45) is 11.1 Å². The van der Waals surface area contributed by atoms with E-state index >= 15 is 0 Å². The Morgan fingerprint density at radius 3 is 2.13 bits per heavy atom. The van der Waals surface area contributed by atoms with Gasteiger partial charge in [0.25, 0.3) is 0 Å². The molecule has 0 bridgehead atoms. The molecule has 0 aliphatic rings. The summed E-state index contributed by atoms with van der Waals surface area (Å²) in [4.78, 5) is 22.6. The van der Waals surface area contributed by atoms with Crippen LogP contribution in [0.1, 0.15) is 27.7 Å². The third-order valence-electron chi connectivity index (χ3n) is 2.13. The molecule has 5 heteroatoms. The second-order valence-corrected chi connectivity index (χ2v) is 4.60. The Hall–Kier alpha value is -1.10. The van der Waals surface area contributed by atoms with Crippen LogP contribution in [0.4, 0.5) is 0 Å². The van der Waals surface area contributed by atoms with E-state index in [1.54, 1.807) is 6.92 Å². The number of esters is 1. The maximum atomic E-state index is 11.6. The molecular formula is C10H20N2O3. The van der Waals surface area contributed by atoms with E-state index < -0.39 is 18.1 Å². The molecule has 15 heavy (non-hydrogen) atoms. The molecule has 0 rings (SSSR count). The summed E-state index contributed by atoms with van der Waals surface area (Å²) >= 11 is 0. The topological polar surface area (TPSA) is 81.4 Å². The van der Waals surface area contributed by atoms with Crippen molar-refractivity contribution < 1.29 is 14.3 Å². The number of carbonyl (C=O) groups is 2. The Morgan fingerprint density at radius 2 is 1.80 bits per heavy atom. The second kappa shape index (κ2) is 5.11. The molecule has 0 aliphatic heterocycles. The standard InChI is InChI=1S/C10H20N2O3/c1-6(9(14)15-5)12-8(13)7(11)10(2,3)4/h6-7H,11H2,1-5H3,(H,12,13)/t6-,7?/m0/s1. The van der Waals surface area contributed by atoms with Crippen LogP contribution in [0.3, 0.4) is 0 Å². The zero-order valence-corrected chi connectivity index (χ0v) is 9.96. The molecule has 0 aromatic carbocycles. The predicted octanol–water partition coefficient (Wildman–Crippen LogP) is 0.0375. The number of nitrogens with one attached hydrogen (secondary N) is 1. The summed E-state index contributed by atoms with van der Waals surface area (Å²) in [6.45, 7) is 7.14. The Balaban J connectivity index is 4.32. The average molecular weight is 216 g/mol. The minimum absolute atomic E-state index is 0.333. The van der Waals surface area contributed by atoms with Crippen LogP contribution in [0.15, 0.2) is 0 Å². The molecule has 1 unspecified atom stereocenters. The summed E-state index contributed by atoms with van der Waals surface area (Å²) in [7, 11) is 1.27. The summed E-state index contributed by atoms with van der Waals surface area (Å²) in [6, 6.07) is -1.32. The van der Waals surface area contributed by atoms with E-state index in [1.807, 2.05) is 20.8 Å². The third-order valence-corrected chi connectivity index (χ3v) is 2.13. The Bertz CT molecular complexity index is 246. The highest BCUT2D eigenvalue weighted by molar-refractivity contribution is 5.87. The van der Waals surface area contributed by atoms with E-state index in [0.717, 1.165) is 0 Å². The third kappa shape index (κ3) is 4.29. The van der Waals surface area contributed by atoms with Gasteiger partial charge in [-0.3, -0.25) is 4.79 Å². The molecule has 1 amide bonds. The molecule has 0 aromatic rings. The first-order valence-electron chi connectivity index (χ1n) is 4.84. The van der Waals surface area contributed by atoms with Gasteiger partial charge in [0.15, 0.2) is 0 Å². The SMILES string of the molecule is COC(=O)[C@H](C)NC(=O)C(N)C(C)(C)C. The van der Waals surface area contributed by atoms with Crippen molar-refractivity contribution in [2.45, 2.75) is 39.8 Å². The molecule has 88 valence electrons. The van der Waals surface area contributed by atoms with Crippen LogP contribution < -0.4 is 11.1 Å². The fourth-order valence-corrected chi connectivity index (χ4v) is 0.932. The highest BCUT2D eigenvalue weighted by Gasteiger charge is 2.29. The van der Waals surface area contributed by atoms with Crippen LogP contribution in [0.25, 0.3) is 0 Å². The molecule has 0 fully saturated rings. The Kier molecular flexibility index (Phi) is 4.74. The van der Waals surface area contributed by atoms with Crippen molar-refractivity contribution in [3.05, 3.63) is 0 Å². The summed E-state index contributed by atoms with van der Waals surface area (Å²) in [6.07, 6.45) is 0. The molecule has 0 saturated carbocycles. The van der Waals surface area contributed by atoms with Crippen LogP contribution in [0.2, 0.25) is 0 Å². The summed E-state index contributed by atoms with van der Waals surface area (Å²) < 4.78 is 4.48. The Morgan fingerprint density at radius 1 is 1.33 bits per heavy atom. The van der Waals surface area contributed by atoms with Gasteiger partial charge >= 0.3 is 5.97 Å². The first-order valence-corrected chi connectivity index (χ1v) is 4.84. The molecule has 5 nitrogen and oxygen atoms in total. The van der Waals surface area contributed by atoms with Gasteiger partial charge in [-0.15, -0.1) is 0 Å². The van der Waals surface area contributed by atoms with Crippen LogP contribution in [0.5, 0.6) is 0 Å². The maximum absolute atomic E-state index is 11.6. The van der Waals surface area contributed by atoms with Gasteiger partial charge in [0.05, 0.1) is 13.2 Å². The lowest BCUT2D eigenvalue weighted by Crippen LogP contribution is -2.52. The predicted molar refractivity (Wildman–Crippen MR) is 57.1 cm³/mol. The number of hydrogen-bond donors (Lipinski definition) is 2. The van der Waals surface area contributed by atoms with Gasteiger partial charge in [-0.05, 0) is 12.3 Å². The van der Waals surface area contributed by atoms with E-state index in [0.29, 0.717) is 0 Å². The van der Waals surface area contributed by atoms with Crippen molar-refractivity contribution in [3.63, 3.8) is 0 Å². The van der Waals surface area contributed by atoms with Crippen LogP contribution >= 0.6 is 0 Å². The van der Waals surface area contributed by atoms with Gasteiger partial charge in [0.1, 0.15) is 6.04 Å². The summed E-state index contributed by atoms with van der Waals surface area (Å²) in [5.74, 6) is -0.829. The van der Waals surface area contributed by atoms with E-state index in [4.69, 9.17) is 5.73 Å². The molecule has 2 atom stereocenters. The fourth-order valence-electron chi connectivity index (χ4n) is 0.932. The van der Waals surface area contributed by atoms with Gasteiger partial charge in [0.2, 0.25) is 5.91 Å². The number of amides is 1. The van der Waals surface area contributed by atoms with Gasteiger partial charge < -0.3 is 15.8 Å². The van der Waals surface area contributed by atoms with Gasteiger partial charge in [-0.2, -0.15) is 0 Å². The number of hydrogen-bond acceptors (Lipinski definition) is 4. The van der Waals surface area contributed by atoms with Gasteiger partial charge in [-0.25, -0.2) is 4.79 Å². The van der Waals surface area contributed by atoms with E-state index in [9.17, 15) is 9.59 Å². The minimum Gasteiger partial charge on any atom is -0.467 e. The van der Waals surface area contributed by atoms with Crippen LogP contribution in [-0.4, -0.2) is 31.1 Å². The molecule has 0 radical (unpaired) electrons. The molecule has 0 aromatic heterocycles. The lowest BCUT2D eigenvalue weighted by molar-refractivity contribution is -0.145. The smallest absolute Gasteiger partial charge is 0.328 e. The minimum atomic E-state index is -0.670. The highest BCUT2D eigenvalue weighted by atomic mass is 16.5. The first-order chi connectivity index (χ1) is 6.70. The van der Waals surface area contributed by atoms with Crippen molar-refractivity contribution in [2.75, 3.05) is 7.11 Å². The fraction of sp³-hybridized carbons (Fsp3) is 0.800. The largest absolute Gasteiger partial charge is 0.467 e. The number of carbonyl (C=O) groups excluding carboxylic acids is 2. The lowest BCUT2D eigenvalue weighted by atomic mass is 9.87. The van der Waals surface area contributed by atoms with Gasteiger partial charge in [0, 0.05) is 0 Å². The van der Waals surface area contributed by atoms with E-state index in [1.165, 1.54) is 7.11 Å². The molecule has 3 N–H and O–H groups in total. The zero-order chi connectivity index (χ0) is 12.2. The molecule has 0 aliphatic carbocycles. The van der Waals surface area contributed by atoms with Crippen LogP contribution in [0, 0.1) is 5.41 Å². The average Bonchev–Trinajstić information content (AvgIpc) is 2.13. The van der Waals surface area contributed by atoms with E-state index in [2.05, 4.69) is 10.1 Å². The van der Waals surface area contributed by atoms with Crippen molar-refractivity contribution >= 4 is 11.9 Å². The number of rotatable bonds is 3. The van der Waals surface area contributed by atoms with Crippen molar-refractivity contribution in [1.82, 2.24) is 5.32 Å². The molecular weight excluding hydrogens is 196 g/mol. The summed E-state index contributed by atoms with van der Waals surface area (Å²) in [5, 5.41) is 2.50. The quantitative estimate of drug-likeness (QED) is 0.652. The molecule has 0 spiro atoms. The normalized spacial score (nSPS) is 15.3. The number of methoxy groups -OCH3 is 1. The monoisotopic (exact) mass is 216 g/mol. The van der Waals surface area contributed by atoms with Crippen molar-refractivity contribution in [1.29, 1.82) is 0 Å². The number of ether oxygens (including phenoxy) is 1. The summed E-state index contributed by atoms with van der Waals surface area (Å²) in [5.41, 5.74) is 5.39.